The molecule has 0 saturated heterocycles. The van der Waals surface area contributed by atoms with Gasteiger partial charge >= 0.3 is 5.97 Å². The van der Waals surface area contributed by atoms with Gasteiger partial charge in [0.05, 0.1) is 23.0 Å². The lowest BCUT2D eigenvalue weighted by molar-refractivity contribution is 0.0697. The lowest BCUT2D eigenvalue weighted by atomic mass is 10.2. The van der Waals surface area contributed by atoms with Crippen LogP contribution in [0.4, 0.5) is 14.5 Å². The molecule has 0 heterocycles. The molecule has 0 aromatic heterocycles. The van der Waals surface area contributed by atoms with Gasteiger partial charge in [-0.3, -0.25) is 5.43 Å². The molecule has 0 radical (unpaired) electrons. The number of hydrogen-bond donors (Lipinski definition) is 2. The van der Waals surface area contributed by atoms with E-state index in [2.05, 4.69) is 10.5 Å². The Morgan fingerprint density at radius 2 is 1.80 bits per heavy atom. The van der Waals surface area contributed by atoms with Crippen molar-refractivity contribution < 1.29 is 18.7 Å². The third kappa shape index (κ3) is 3.17. The number of hydrogen-bond acceptors (Lipinski definition) is 3. The Morgan fingerprint density at radius 3 is 2.45 bits per heavy atom. The van der Waals surface area contributed by atoms with E-state index >= 15 is 0 Å². The first kappa shape index (κ1) is 13.7. The molecular weight excluding hydrogens is 266 g/mol. The largest absolute Gasteiger partial charge is 0.478 e. The second kappa shape index (κ2) is 5.92. The number of carbonyl (C=O) groups is 1. The van der Waals surface area contributed by atoms with Crippen molar-refractivity contribution in [2.24, 2.45) is 5.10 Å². The minimum Gasteiger partial charge on any atom is -0.478 e. The Balaban J connectivity index is 2.14. The van der Waals surface area contributed by atoms with Crippen molar-refractivity contribution in [1.82, 2.24) is 0 Å². The fraction of sp³-hybridized carbons (Fsp3) is 0. The van der Waals surface area contributed by atoms with Gasteiger partial charge in [-0.25, -0.2) is 13.6 Å². The molecule has 6 heteroatoms. The van der Waals surface area contributed by atoms with E-state index in [9.17, 15) is 13.6 Å². The van der Waals surface area contributed by atoms with Gasteiger partial charge in [-0.1, -0.05) is 12.1 Å². The van der Waals surface area contributed by atoms with E-state index in [1.165, 1.54) is 24.3 Å². The molecule has 2 aromatic rings. The first-order valence-corrected chi connectivity index (χ1v) is 5.64. The van der Waals surface area contributed by atoms with Crippen molar-refractivity contribution in [2.75, 3.05) is 5.43 Å². The molecule has 0 aliphatic carbocycles. The van der Waals surface area contributed by atoms with E-state index in [0.717, 1.165) is 18.3 Å². The van der Waals surface area contributed by atoms with Gasteiger partial charge in [-0.2, -0.15) is 5.10 Å². The molecular formula is C14H10F2N2O2. The smallest absolute Gasteiger partial charge is 0.335 e. The van der Waals surface area contributed by atoms with Gasteiger partial charge in [0.25, 0.3) is 0 Å². The predicted octanol–water partition coefficient (Wildman–Crippen LogP) is 3.11. The minimum atomic E-state index is -1.07. The topological polar surface area (TPSA) is 61.7 Å². The van der Waals surface area contributed by atoms with Gasteiger partial charge in [-0.05, 0) is 30.3 Å². The molecule has 102 valence electrons. The Labute approximate surface area is 113 Å². The number of benzene rings is 2. The summed E-state index contributed by atoms with van der Waals surface area (Å²) in [6.07, 6.45) is 0.998. The maximum Gasteiger partial charge on any atom is 0.335 e. The number of nitrogens with zero attached hydrogens (tertiary/aromatic N) is 1. The number of aromatic carboxylic acids is 1. The molecule has 0 saturated carbocycles. The third-order valence-corrected chi connectivity index (χ3v) is 2.50. The van der Waals surface area contributed by atoms with Crippen LogP contribution in [0.2, 0.25) is 0 Å². The second-order valence-electron chi connectivity index (χ2n) is 3.89. The summed E-state index contributed by atoms with van der Waals surface area (Å²) in [6, 6.07) is 9.40. The van der Waals surface area contributed by atoms with Crippen molar-refractivity contribution in [3.05, 3.63) is 65.2 Å². The van der Waals surface area contributed by atoms with Crippen molar-refractivity contribution in [3.63, 3.8) is 0 Å². The van der Waals surface area contributed by atoms with Gasteiger partial charge in [0.2, 0.25) is 0 Å². The maximum absolute atomic E-state index is 13.3. The summed E-state index contributed by atoms with van der Waals surface area (Å²) in [7, 11) is 0. The summed E-state index contributed by atoms with van der Waals surface area (Å²) < 4.78 is 26.6. The Bertz CT molecular complexity index is 652. The molecule has 0 atom stereocenters. The molecule has 0 aliphatic rings. The zero-order chi connectivity index (χ0) is 14.5. The van der Waals surface area contributed by atoms with Crippen LogP contribution < -0.4 is 5.43 Å². The highest BCUT2D eigenvalue weighted by atomic mass is 19.1. The maximum atomic E-state index is 13.3. The van der Waals surface area contributed by atoms with Crippen molar-refractivity contribution in [1.29, 1.82) is 0 Å². The summed E-state index contributed by atoms with van der Waals surface area (Å²) in [5.74, 6) is -2.53. The minimum absolute atomic E-state index is 0.0854. The van der Waals surface area contributed by atoms with Crippen LogP contribution in [0.5, 0.6) is 0 Å². The lowest BCUT2D eigenvalue weighted by Gasteiger charge is -2.02. The first-order chi connectivity index (χ1) is 9.58. The zero-order valence-corrected chi connectivity index (χ0v) is 10.2. The van der Waals surface area contributed by atoms with E-state index in [4.69, 9.17) is 5.11 Å². The van der Waals surface area contributed by atoms with Crippen LogP contribution in [0, 0.1) is 11.6 Å². The summed E-state index contributed by atoms with van der Waals surface area (Å²) >= 11 is 0. The fourth-order valence-electron chi connectivity index (χ4n) is 1.53. The molecule has 0 spiro atoms. The quantitative estimate of drug-likeness (QED) is 0.666. The average molecular weight is 276 g/mol. The number of anilines is 1. The highest BCUT2D eigenvalue weighted by Gasteiger charge is 2.05. The lowest BCUT2D eigenvalue weighted by Crippen LogP contribution is -1.99. The summed E-state index contributed by atoms with van der Waals surface area (Å²) in [4.78, 5) is 10.8. The van der Waals surface area contributed by atoms with Crippen LogP contribution in [0.15, 0.2) is 47.6 Å². The second-order valence-corrected chi connectivity index (χ2v) is 3.89. The summed E-state index contributed by atoms with van der Waals surface area (Å²) in [6.45, 7) is 0. The van der Waals surface area contributed by atoms with Crippen molar-refractivity contribution >= 4 is 17.9 Å². The van der Waals surface area contributed by atoms with Crippen LogP contribution in [-0.2, 0) is 0 Å². The van der Waals surface area contributed by atoms with Crippen LogP contribution in [0.1, 0.15) is 15.9 Å². The predicted molar refractivity (Wildman–Crippen MR) is 71.0 cm³/mol. The van der Waals surface area contributed by atoms with Crippen LogP contribution >= 0.6 is 0 Å². The number of rotatable bonds is 4. The van der Waals surface area contributed by atoms with Gasteiger partial charge < -0.3 is 5.11 Å². The Kier molecular flexibility index (Phi) is 4.05. The fourth-order valence-corrected chi connectivity index (χ4v) is 1.53. The molecule has 0 aliphatic heterocycles. The molecule has 2 N–H and O–H groups in total. The number of hydrazone groups is 1. The Hall–Kier alpha value is -2.76. The highest BCUT2D eigenvalue weighted by Crippen LogP contribution is 2.12. The monoisotopic (exact) mass is 276 g/mol. The van der Waals surface area contributed by atoms with E-state index < -0.39 is 17.6 Å². The number of carboxylic acids is 1. The molecule has 20 heavy (non-hydrogen) atoms. The molecule has 0 bridgehead atoms. The number of halogens is 2. The first-order valence-electron chi connectivity index (χ1n) is 5.64. The van der Waals surface area contributed by atoms with Crippen molar-refractivity contribution in [3.8, 4) is 0 Å². The highest BCUT2D eigenvalue weighted by molar-refractivity contribution is 5.88. The number of carboxylic acid groups (broad SMARTS) is 1. The van der Waals surface area contributed by atoms with Gasteiger partial charge in [0.15, 0.2) is 0 Å². The molecule has 2 aromatic carbocycles. The zero-order valence-electron chi connectivity index (χ0n) is 10.2. The van der Waals surface area contributed by atoms with E-state index in [1.807, 2.05) is 0 Å². The molecule has 0 fully saturated rings. The standard InChI is InChI=1S/C14H10F2N2O2/c15-12-5-2-6-13(16)11(12)8-17-18-10-4-1-3-9(7-10)14(19)20/h1-8,18H,(H,19,20)/b17-8-. The van der Waals surface area contributed by atoms with Gasteiger partial charge in [0, 0.05) is 0 Å². The SMILES string of the molecule is O=C(O)c1cccc(N/N=C\c2c(F)cccc2F)c1. The molecule has 0 amide bonds. The summed E-state index contributed by atoms with van der Waals surface area (Å²) in [5.41, 5.74) is 2.73. The van der Waals surface area contributed by atoms with Crippen LogP contribution in [0.3, 0.4) is 0 Å². The number of nitrogens with one attached hydrogen (secondary N) is 1. The van der Waals surface area contributed by atoms with E-state index in [-0.39, 0.29) is 11.1 Å². The molecule has 2 rings (SSSR count). The van der Waals surface area contributed by atoms with E-state index in [1.54, 1.807) is 6.07 Å². The van der Waals surface area contributed by atoms with Gasteiger partial charge in [0.1, 0.15) is 11.6 Å². The molecule has 4 nitrogen and oxygen atoms in total. The average Bonchev–Trinajstić information content (AvgIpc) is 2.42. The third-order valence-electron chi connectivity index (χ3n) is 2.50. The molecule has 0 unspecified atom stereocenters. The summed E-state index contributed by atoms with van der Waals surface area (Å²) in [5, 5.41) is 12.5. The Morgan fingerprint density at radius 1 is 1.15 bits per heavy atom. The van der Waals surface area contributed by atoms with E-state index in [0.29, 0.717) is 5.69 Å². The van der Waals surface area contributed by atoms with Crippen LogP contribution in [-0.4, -0.2) is 17.3 Å². The van der Waals surface area contributed by atoms with Crippen molar-refractivity contribution in [2.45, 2.75) is 0 Å². The van der Waals surface area contributed by atoms with Gasteiger partial charge in [-0.15, -0.1) is 0 Å². The normalized spacial score (nSPS) is 10.7. The van der Waals surface area contributed by atoms with Crippen LogP contribution in [0.25, 0.3) is 0 Å².